The van der Waals surface area contributed by atoms with Gasteiger partial charge < -0.3 is 14.5 Å². The fraction of sp³-hybridized carbons (Fsp3) is 0.364. The van der Waals surface area contributed by atoms with Crippen molar-refractivity contribution >= 4 is 11.6 Å². The van der Waals surface area contributed by atoms with Crippen molar-refractivity contribution in [2.45, 2.75) is 0 Å². The van der Waals surface area contributed by atoms with Gasteiger partial charge >= 0.3 is 0 Å². The molecule has 2 aromatic heterocycles. The highest BCUT2D eigenvalue weighted by atomic mass is 16.5. The van der Waals surface area contributed by atoms with Gasteiger partial charge in [0.2, 0.25) is 5.95 Å². The van der Waals surface area contributed by atoms with Gasteiger partial charge in [0.25, 0.3) is 5.56 Å². The van der Waals surface area contributed by atoms with Gasteiger partial charge in [0, 0.05) is 69.1 Å². The zero-order chi connectivity index (χ0) is 20.7. The van der Waals surface area contributed by atoms with E-state index in [1.165, 1.54) is 18.1 Å². The molecule has 0 saturated carbocycles. The fourth-order valence-electron chi connectivity index (χ4n) is 4.56. The van der Waals surface area contributed by atoms with E-state index in [0.29, 0.717) is 29.2 Å². The van der Waals surface area contributed by atoms with Gasteiger partial charge in [0.1, 0.15) is 12.1 Å². The first-order valence-electron chi connectivity index (χ1n) is 10.1. The van der Waals surface area contributed by atoms with Crippen LogP contribution in [0.3, 0.4) is 0 Å². The fourth-order valence-corrected chi connectivity index (χ4v) is 4.56. The Morgan fingerprint density at radius 2 is 1.77 bits per heavy atom. The lowest BCUT2D eigenvalue weighted by Gasteiger charge is -2.25. The van der Waals surface area contributed by atoms with Gasteiger partial charge in [-0.15, -0.1) is 0 Å². The lowest BCUT2D eigenvalue weighted by Crippen LogP contribution is -2.33. The first kappa shape index (κ1) is 18.6. The molecule has 2 saturated heterocycles. The van der Waals surface area contributed by atoms with E-state index in [0.717, 1.165) is 31.9 Å². The zero-order valence-corrected chi connectivity index (χ0v) is 17.1. The maximum atomic E-state index is 12.6. The number of fused-ring (bicyclic) bond motifs is 1. The highest BCUT2D eigenvalue weighted by Gasteiger charge is 2.41. The molecule has 0 spiro atoms. The molecule has 8 heteroatoms. The maximum absolute atomic E-state index is 12.6. The second-order valence-electron chi connectivity index (χ2n) is 7.96. The van der Waals surface area contributed by atoms with Crippen molar-refractivity contribution in [3.63, 3.8) is 0 Å². The van der Waals surface area contributed by atoms with Crippen LogP contribution >= 0.6 is 0 Å². The van der Waals surface area contributed by atoms with E-state index in [1.54, 1.807) is 31.0 Å². The Labute approximate surface area is 174 Å². The Morgan fingerprint density at radius 3 is 2.47 bits per heavy atom. The lowest BCUT2D eigenvalue weighted by atomic mass is 10.0. The van der Waals surface area contributed by atoms with Crippen LogP contribution in [-0.2, 0) is 7.05 Å². The SMILES string of the molecule is COc1cccc(N2C[C@@H]3CN(c4nc(-c5ccncn5)cc(=O)n4C)C[C@@H]3C2)c1. The van der Waals surface area contributed by atoms with Gasteiger partial charge in [-0.2, -0.15) is 0 Å². The Hall–Kier alpha value is -3.42. The third-order valence-corrected chi connectivity index (χ3v) is 6.14. The van der Waals surface area contributed by atoms with E-state index in [-0.39, 0.29) is 5.56 Å². The number of rotatable bonds is 4. The number of anilines is 2. The summed E-state index contributed by atoms with van der Waals surface area (Å²) < 4.78 is 7.00. The summed E-state index contributed by atoms with van der Waals surface area (Å²) >= 11 is 0. The molecule has 2 fully saturated rings. The molecule has 0 radical (unpaired) electrons. The minimum Gasteiger partial charge on any atom is -0.497 e. The molecule has 5 rings (SSSR count). The lowest BCUT2D eigenvalue weighted by molar-refractivity contribution is 0.415. The van der Waals surface area contributed by atoms with Crippen LogP contribution in [0.15, 0.2) is 53.7 Å². The average Bonchev–Trinajstić information content (AvgIpc) is 3.35. The Morgan fingerprint density at radius 1 is 1.00 bits per heavy atom. The second-order valence-corrected chi connectivity index (χ2v) is 7.96. The van der Waals surface area contributed by atoms with Gasteiger partial charge in [-0.05, 0) is 18.2 Å². The summed E-state index contributed by atoms with van der Waals surface area (Å²) in [4.78, 5) is 30.2. The number of aromatic nitrogens is 4. The quantitative estimate of drug-likeness (QED) is 0.656. The third kappa shape index (κ3) is 3.28. The largest absolute Gasteiger partial charge is 0.497 e. The molecule has 154 valence electrons. The highest BCUT2D eigenvalue weighted by molar-refractivity contribution is 5.56. The zero-order valence-electron chi connectivity index (χ0n) is 17.1. The van der Waals surface area contributed by atoms with E-state index in [1.807, 2.05) is 12.1 Å². The van der Waals surface area contributed by atoms with Crippen LogP contribution in [0.5, 0.6) is 5.75 Å². The highest BCUT2D eigenvalue weighted by Crippen LogP contribution is 2.36. The standard InChI is InChI=1S/C22H24N6O2/c1-26-21(29)9-20(19-6-7-23-14-24-19)25-22(26)28-12-15-10-27(11-16(15)13-28)17-4-3-5-18(8-17)30-2/h3-9,14-16H,10-13H2,1-2H3/t15-,16+. The molecule has 3 aromatic rings. The van der Waals surface area contributed by atoms with Crippen molar-refractivity contribution in [1.29, 1.82) is 0 Å². The molecule has 0 bridgehead atoms. The average molecular weight is 404 g/mol. The Bertz CT molecular complexity index is 1100. The summed E-state index contributed by atoms with van der Waals surface area (Å²) in [5.41, 5.74) is 2.37. The molecule has 2 atom stereocenters. The van der Waals surface area contributed by atoms with Crippen molar-refractivity contribution < 1.29 is 4.74 Å². The van der Waals surface area contributed by atoms with Crippen LogP contribution < -0.4 is 20.1 Å². The number of ether oxygens (including phenoxy) is 1. The van der Waals surface area contributed by atoms with Crippen LogP contribution in [-0.4, -0.2) is 52.8 Å². The van der Waals surface area contributed by atoms with Crippen LogP contribution in [0, 0.1) is 11.8 Å². The summed E-state index contributed by atoms with van der Waals surface area (Å²) in [6.45, 7) is 3.76. The summed E-state index contributed by atoms with van der Waals surface area (Å²) in [5, 5.41) is 0. The molecule has 2 aliphatic heterocycles. The van der Waals surface area contributed by atoms with Crippen molar-refractivity contribution in [3.8, 4) is 17.1 Å². The van der Waals surface area contributed by atoms with Crippen LogP contribution in [0.25, 0.3) is 11.4 Å². The smallest absolute Gasteiger partial charge is 0.255 e. The minimum absolute atomic E-state index is 0.0799. The second kappa shape index (κ2) is 7.44. The molecule has 0 unspecified atom stereocenters. The van der Waals surface area contributed by atoms with E-state index in [2.05, 4.69) is 31.9 Å². The third-order valence-electron chi connectivity index (χ3n) is 6.14. The van der Waals surface area contributed by atoms with Gasteiger partial charge in [-0.3, -0.25) is 9.36 Å². The monoisotopic (exact) mass is 404 g/mol. The molecule has 2 aliphatic rings. The van der Waals surface area contributed by atoms with Crippen LogP contribution in [0.2, 0.25) is 0 Å². The molecular formula is C22H24N6O2. The number of benzene rings is 1. The van der Waals surface area contributed by atoms with Crippen LogP contribution in [0.4, 0.5) is 11.6 Å². The normalized spacial score (nSPS) is 20.5. The molecular weight excluding hydrogens is 380 g/mol. The topological polar surface area (TPSA) is 76.4 Å². The van der Waals surface area contributed by atoms with Gasteiger partial charge in [0.05, 0.1) is 18.5 Å². The van der Waals surface area contributed by atoms with Gasteiger partial charge in [0.15, 0.2) is 0 Å². The number of hydrogen-bond donors (Lipinski definition) is 0. The molecule has 0 N–H and O–H groups in total. The predicted molar refractivity (Wildman–Crippen MR) is 115 cm³/mol. The van der Waals surface area contributed by atoms with E-state index in [9.17, 15) is 4.79 Å². The van der Waals surface area contributed by atoms with Gasteiger partial charge in [-0.25, -0.2) is 15.0 Å². The predicted octanol–water partition coefficient (Wildman–Crippen LogP) is 1.82. The molecule has 8 nitrogen and oxygen atoms in total. The van der Waals surface area contributed by atoms with Crippen molar-refractivity contribution in [3.05, 3.63) is 59.3 Å². The maximum Gasteiger partial charge on any atom is 0.255 e. The minimum atomic E-state index is -0.0799. The van der Waals surface area contributed by atoms with E-state index in [4.69, 9.17) is 9.72 Å². The first-order valence-corrected chi connectivity index (χ1v) is 10.1. The summed E-state index contributed by atoms with van der Waals surface area (Å²) in [6.07, 6.45) is 3.14. The number of nitrogens with zero attached hydrogens (tertiary/aromatic N) is 6. The van der Waals surface area contributed by atoms with E-state index < -0.39 is 0 Å². The van der Waals surface area contributed by atoms with E-state index >= 15 is 0 Å². The van der Waals surface area contributed by atoms with Crippen molar-refractivity contribution in [2.24, 2.45) is 18.9 Å². The first-order chi connectivity index (χ1) is 14.6. The summed E-state index contributed by atoms with van der Waals surface area (Å²) in [5.74, 6) is 2.66. The molecule has 0 amide bonds. The van der Waals surface area contributed by atoms with Crippen molar-refractivity contribution in [1.82, 2.24) is 19.5 Å². The summed E-state index contributed by atoms with van der Waals surface area (Å²) in [6, 6.07) is 11.5. The van der Waals surface area contributed by atoms with Gasteiger partial charge in [-0.1, -0.05) is 6.07 Å². The van der Waals surface area contributed by atoms with Crippen molar-refractivity contribution in [2.75, 3.05) is 43.1 Å². The number of methoxy groups -OCH3 is 1. The summed E-state index contributed by atoms with van der Waals surface area (Å²) in [7, 11) is 3.48. The Balaban J connectivity index is 1.36. The Kier molecular flexibility index (Phi) is 4.61. The molecule has 0 aliphatic carbocycles. The molecule has 30 heavy (non-hydrogen) atoms. The van der Waals surface area contributed by atoms with Crippen LogP contribution in [0.1, 0.15) is 0 Å². The molecule has 4 heterocycles. The number of hydrogen-bond acceptors (Lipinski definition) is 7. The molecule has 1 aromatic carbocycles.